The van der Waals surface area contributed by atoms with E-state index < -0.39 is 17.7 Å². The van der Waals surface area contributed by atoms with Gasteiger partial charge in [-0.3, -0.25) is 4.79 Å². The molecule has 31 heavy (non-hydrogen) atoms. The van der Waals surface area contributed by atoms with Crippen molar-refractivity contribution in [1.29, 1.82) is 0 Å². The number of aromatic carboxylic acids is 1. The fraction of sp³-hybridized carbons (Fsp3) is 0.200. The summed E-state index contributed by atoms with van der Waals surface area (Å²) in [5.41, 5.74) is 3.27. The van der Waals surface area contributed by atoms with Crippen LogP contribution in [0.1, 0.15) is 44.2 Å². The average Bonchev–Trinajstić information content (AvgIpc) is 3.24. The third-order valence-corrected chi connectivity index (χ3v) is 5.67. The number of halogens is 1. The summed E-state index contributed by atoms with van der Waals surface area (Å²) in [6, 6.07) is 19.0. The van der Waals surface area contributed by atoms with Gasteiger partial charge in [0.2, 0.25) is 0 Å². The lowest BCUT2D eigenvalue weighted by molar-refractivity contribution is 0.0698. The van der Waals surface area contributed by atoms with E-state index in [4.69, 9.17) is 0 Å². The molecule has 1 amide bonds. The van der Waals surface area contributed by atoms with E-state index in [0.29, 0.717) is 5.92 Å². The van der Waals surface area contributed by atoms with E-state index in [-0.39, 0.29) is 16.8 Å². The number of anilines is 2. The van der Waals surface area contributed by atoms with E-state index in [1.807, 2.05) is 0 Å². The van der Waals surface area contributed by atoms with Crippen LogP contribution in [0.4, 0.5) is 15.8 Å². The van der Waals surface area contributed by atoms with Gasteiger partial charge in [-0.2, -0.15) is 0 Å². The molecule has 0 radical (unpaired) electrons. The highest BCUT2D eigenvalue weighted by atomic mass is 19.1. The maximum atomic E-state index is 13.9. The van der Waals surface area contributed by atoms with Crippen LogP contribution in [0.15, 0.2) is 66.7 Å². The van der Waals surface area contributed by atoms with Crippen molar-refractivity contribution in [1.82, 2.24) is 0 Å². The first-order valence-electron chi connectivity index (χ1n) is 10.2. The number of nitrogens with zero attached hydrogens (tertiary/aromatic N) is 1. The molecule has 3 aromatic carbocycles. The highest BCUT2D eigenvalue weighted by molar-refractivity contribution is 6.08. The van der Waals surface area contributed by atoms with Crippen LogP contribution < -0.4 is 10.2 Å². The summed E-state index contributed by atoms with van der Waals surface area (Å²) >= 11 is 0. The van der Waals surface area contributed by atoms with E-state index >= 15 is 0 Å². The Morgan fingerprint density at radius 1 is 1.03 bits per heavy atom. The molecule has 0 unspecified atom stereocenters. The molecule has 5 nitrogen and oxygen atoms in total. The number of aryl methyl sites for hydroxylation is 1. The highest BCUT2D eigenvalue weighted by Crippen LogP contribution is 2.33. The molecular weight excluding hydrogens is 395 g/mol. The SMILES string of the molecule is Cc1cccc([C@@H]2CCN(c3ccc(NC(=O)c4ccccc4F)c(C(=O)O)c3)C2)c1. The molecule has 0 bridgehead atoms. The van der Waals surface area contributed by atoms with Crippen LogP contribution in [-0.2, 0) is 0 Å². The Bertz CT molecular complexity index is 1150. The Morgan fingerprint density at radius 3 is 2.58 bits per heavy atom. The average molecular weight is 418 g/mol. The fourth-order valence-corrected chi connectivity index (χ4v) is 4.04. The molecule has 4 rings (SSSR count). The number of carbonyl (C=O) groups excluding carboxylic acids is 1. The minimum atomic E-state index is -1.15. The second-order valence-electron chi connectivity index (χ2n) is 7.81. The van der Waals surface area contributed by atoms with Gasteiger partial charge in [0, 0.05) is 24.7 Å². The summed E-state index contributed by atoms with van der Waals surface area (Å²) in [7, 11) is 0. The van der Waals surface area contributed by atoms with E-state index in [2.05, 4.69) is 41.4 Å². The van der Waals surface area contributed by atoms with Crippen molar-refractivity contribution in [3.63, 3.8) is 0 Å². The molecule has 1 aliphatic rings. The quantitative estimate of drug-likeness (QED) is 0.606. The standard InChI is InChI=1S/C25H23FN2O3/c1-16-5-4-6-17(13-16)18-11-12-28(15-18)19-9-10-23(21(14-19)25(30)31)27-24(29)20-7-2-3-8-22(20)26/h2-10,13-14,18H,11-12,15H2,1H3,(H,27,29)(H,30,31)/t18-/m1/s1. The predicted octanol–water partition coefficient (Wildman–Crippen LogP) is 5.08. The number of amides is 1. The maximum absolute atomic E-state index is 13.9. The van der Waals surface area contributed by atoms with E-state index in [1.165, 1.54) is 29.3 Å². The first-order chi connectivity index (χ1) is 14.9. The molecule has 1 heterocycles. The molecule has 0 saturated carbocycles. The van der Waals surface area contributed by atoms with Crippen molar-refractivity contribution < 1.29 is 19.1 Å². The number of hydrogen-bond donors (Lipinski definition) is 2. The van der Waals surface area contributed by atoms with Gasteiger partial charge in [0.05, 0.1) is 16.8 Å². The molecule has 2 N–H and O–H groups in total. The van der Waals surface area contributed by atoms with Crippen molar-refractivity contribution in [2.45, 2.75) is 19.3 Å². The lowest BCUT2D eigenvalue weighted by Crippen LogP contribution is -2.21. The van der Waals surface area contributed by atoms with Gasteiger partial charge in [0.1, 0.15) is 5.82 Å². The van der Waals surface area contributed by atoms with E-state index in [1.54, 1.807) is 24.3 Å². The molecule has 158 valence electrons. The van der Waals surface area contributed by atoms with Crippen molar-refractivity contribution in [3.05, 3.63) is 94.8 Å². The van der Waals surface area contributed by atoms with Gasteiger partial charge >= 0.3 is 5.97 Å². The zero-order valence-electron chi connectivity index (χ0n) is 17.1. The van der Waals surface area contributed by atoms with Crippen molar-refractivity contribution in [3.8, 4) is 0 Å². The molecule has 6 heteroatoms. The van der Waals surface area contributed by atoms with Crippen LogP contribution in [0.3, 0.4) is 0 Å². The van der Waals surface area contributed by atoms with E-state index in [0.717, 1.165) is 25.2 Å². The van der Waals surface area contributed by atoms with Crippen LogP contribution >= 0.6 is 0 Å². The molecule has 1 aliphatic heterocycles. The molecular formula is C25H23FN2O3. The normalized spacial score (nSPS) is 15.7. The zero-order valence-corrected chi connectivity index (χ0v) is 17.1. The van der Waals surface area contributed by atoms with Crippen LogP contribution in [0.5, 0.6) is 0 Å². The summed E-state index contributed by atoms with van der Waals surface area (Å²) in [5.74, 6) is -2.12. The Labute approximate surface area is 180 Å². The molecule has 0 aliphatic carbocycles. The van der Waals surface area contributed by atoms with Gasteiger partial charge in [-0.05, 0) is 49.2 Å². The molecule has 0 spiro atoms. The molecule has 1 fully saturated rings. The summed E-state index contributed by atoms with van der Waals surface area (Å²) in [4.78, 5) is 26.4. The number of rotatable bonds is 5. The number of hydrogen-bond acceptors (Lipinski definition) is 3. The minimum absolute atomic E-state index is 0.0267. The van der Waals surface area contributed by atoms with Crippen LogP contribution in [-0.4, -0.2) is 30.1 Å². The number of benzene rings is 3. The Balaban J connectivity index is 1.55. The minimum Gasteiger partial charge on any atom is -0.478 e. The van der Waals surface area contributed by atoms with Gasteiger partial charge in [-0.25, -0.2) is 9.18 Å². The van der Waals surface area contributed by atoms with Crippen LogP contribution in [0.2, 0.25) is 0 Å². The van der Waals surface area contributed by atoms with Gasteiger partial charge < -0.3 is 15.3 Å². The Kier molecular flexibility index (Phi) is 5.71. The number of nitrogens with one attached hydrogen (secondary N) is 1. The number of carboxylic acid groups (broad SMARTS) is 1. The monoisotopic (exact) mass is 418 g/mol. The molecule has 0 aromatic heterocycles. The zero-order chi connectivity index (χ0) is 22.0. The lowest BCUT2D eigenvalue weighted by Gasteiger charge is -2.20. The largest absolute Gasteiger partial charge is 0.478 e. The highest BCUT2D eigenvalue weighted by Gasteiger charge is 2.25. The van der Waals surface area contributed by atoms with Crippen LogP contribution in [0.25, 0.3) is 0 Å². The first kappa shape index (κ1) is 20.6. The number of carbonyl (C=O) groups is 2. The van der Waals surface area contributed by atoms with Crippen molar-refractivity contribution in [2.24, 2.45) is 0 Å². The smallest absolute Gasteiger partial charge is 0.337 e. The molecule has 3 aromatic rings. The number of carboxylic acids is 1. The van der Waals surface area contributed by atoms with Crippen molar-refractivity contribution in [2.75, 3.05) is 23.3 Å². The second kappa shape index (κ2) is 8.60. The molecule has 1 atom stereocenters. The third kappa shape index (κ3) is 4.43. The fourth-order valence-electron chi connectivity index (χ4n) is 4.04. The van der Waals surface area contributed by atoms with Gasteiger partial charge in [0.25, 0.3) is 5.91 Å². The second-order valence-corrected chi connectivity index (χ2v) is 7.81. The maximum Gasteiger partial charge on any atom is 0.337 e. The van der Waals surface area contributed by atoms with Gasteiger partial charge in [0.15, 0.2) is 0 Å². The summed E-state index contributed by atoms with van der Waals surface area (Å²) in [6.07, 6.45) is 0.984. The third-order valence-electron chi connectivity index (χ3n) is 5.67. The Hall–Kier alpha value is -3.67. The topological polar surface area (TPSA) is 69.6 Å². The Morgan fingerprint density at radius 2 is 1.84 bits per heavy atom. The molecule has 1 saturated heterocycles. The summed E-state index contributed by atoms with van der Waals surface area (Å²) < 4.78 is 13.9. The predicted molar refractivity (Wildman–Crippen MR) is 119 cm³/mol. The van der Waals surface area contributed by atoms with Gasteiger partial charge in [-0.1, -0.05) is 42.0 Å². The van der Waals surface area contributed by atoms with Gasteiger partial charge in [-0.15, -0.1) is 0 Å². The van der Waals surface area contributed by atoms with Crippen LogP contribution in [0, 0.1) is 12.7 Å². The summed E-state index contributed by atoms with van der Waals surface area (Å²) in [5, 5.41) is 12.2. The first-order valence-corrected chi connectivity index (χ1v) is 10.2. The van der Waals surface area contributed by atoms with Crippen molar-refractivity contribution >= 4 is 23.3 Å². The van der Waals surface area contributed by atoms with E-state index in [9.17, 15) is 19.1 Å². The summed E-state index contributed by atoms with van der Waals surface area (Å²) in [6.45, 7) is 3.69. The lowest BCUT2D eigenvalue weighted by atomic mass is 9.97.